The Labute approximate surface area is 191 Å². The lowest BCUT2D eigenvalue weighted by molar-refractivity contribution is 0.278. The first kappa shape index (κ1) is 22.6. The van der Waals surface area contributed by atoms with Gasteiger partial charge >= 0.3 is 0 Å². The third-order valence-electron chi connectivity index (χ3n) is 5.95. The minimum Gasteiger partial charge on any atom is -0.489 e. The molecule has 0 saturated carbocycles. The van der Waals surface area contributed by atoms with Gasteiger partial charge in [0.25, 0.3) is 10.0 Å². The van der Waals surface area contributed by atoms with Gasteiger partial charge in [0.15, 0.2) is 0 Å². The fraction of sp³-hybridized carbons (Fsp3) is 0.385. The smallest absolute Gasteiger partial charge is 0.264 e. The van der Waals surface area contributed by atoms with Crippen LogP contribution >= 0.6 is 0 Å². The molecule has 170 valence electrons. The standard InChI is InChI=1S/C26H32N2O3S/c1-3-14-27(15-4-2)16-13-21-9-12-26-25(19-21)28(17-18-31-26)32(29,30)24-11-10-22-7-5-6-8-23(22)20-24/h5-12,19-20H,3-4,13-18H2,1-2H3. The summed E-state index contributed by atoms with van der Waals surface area (Å²) in [5.74, 6) is 0.628. The highest BCUT2D eigenvalue weighted by Gasteiger charge is 2.30. The van der Waals surface area contributed by atoms with Crippen LogP contribution in [0, 0.1) is 0 Å². The maximum Gasteiger partial charge on any atom is 0.264 e. The summed E-state index contributed by atoms with van der Waals surface area (Å²) in [6, 6.07) is 19.1. The lowest BCUT2D eigenvalue weighted by atomic mass is 10.1. The Kier molecular flexibility index (Phi) is 7.01. The molecule has 0 fully saturated rings. The summed E-state index contributed by atoms with van der Waals surface area (Å²) in [4.78, 5) is 2.78. The SMILES string of the molecule is CCCN(CCC)CCc1ccc2c(c1)N(S(=O)(=O)c1ccc3ccccc3c1)CCO2. The summed E-state index contributed by atoms with van der Waals surface area (Å²) in [6.07, 6.45) is 3.16. The largest absolute Gasteiger partial charge is 0.489 e. The van der Waals surface area contributed by atoms with Crippen LogP contribution < -0.4 is 9.04 Å². The van der Waals surface area contributed by atoms with Gasteiger partial charge in [0.2, 0.25) is 0 Å². The average molecular weight is 453 g/mol. The van der Waals surface area contributed by atoms with E-state index in [4.69, 9.17) is 4.74 Å². The van der Waals surface area contributed by atoms with Crippen LogP contribution in [0.15, 0.2) is 65.6 Å². The van der Waals surface area contributed by atoms with Gasteiger partial charge in [0.05, 0.1) is 17.1 Å². The molecule has 4 rings (SSSR count). The summed E-state index contributed by atoms with van der Waals surface area (Å²) in [5.41, 5.74) is 1.77. The molecule has 1 heterocycles. The minimum atomic E-state index is -3.69. The monoisotopic (exact) mass is 452 g/mol. The van der Waals surface area contributed by atoms with Gasteiger partial charge in [-0.1, -0.05) is 50.2 Å². The first-order chi connectivity index (χ1) is 15.5. The predicted molar refractivity (Wildman–Crippen MR) is 131 cm³/mol. The Morgan fingerprint density at radius 3 is 2.41 bits per heavy atom. The number of sulfonamides is 1. The van der Waals surface area contributed by atoms with Crippen molar-refractivity contribution in [2.45, 2.75) is 38.0 Å². The van der Waals surface area contributed by atoms with Gasteiger partial charge in [-0.2, -0.15) is 0 Å². The van der Waals surface area contributed by atoms with Gasteiger partial charge in [0, 0.05) is 6.54 Å². The Hall–Kier alpha value is -2.57. The zero-order chi connectivity index (χ0) is 22.6. The molecule has 1 aliphatic heterocycles. The van der Waals surface area contributed by atoms with Crippen molar-refractivity contribution < 1.29 is 13.2 Å². The Bertz CT molecular complexity index is 1170. The molecule has 0 aliphatic carbocycles. The van der Waals surface area contributed by atoms with Crippen molar-refractivity contribution in [3.8, 4) is 5.75 Å². The average Bonchev–Trinajstić information content (AvgIpc) is 2.82. The quantitative estimate of drug-likeness (QED) is 0.454. The van der Waals surface area contributed by atoms with Crippen LogP contribution in [-0.2, 0) is 16.4 Å². The number of ether oxygens (including phenoxy) is 1. The fourth-order valence-corrected chi connectivity index (χ4v) is 5.84. The van der Waals surface area contributed by atoms with E-state index in [1.54, 1.807) is 12.1 Å². The van der Waals surface area contributed by atoms with Crippen molar-refractivity contribution in [1.29, 1.82) is 0 Å². The van der Waals surface area contributed by atoms with Crippen LogP contribution in [0.25, 0.3) is 10.8 Å². The molecule has 0 aromatic heterocycles. The predicted octanol–water partition coefficient (Wildman–Crippen LogP) is 5.09. The summed E-state index contributed by atoms with van der Waals surface area (Å²) < 4.78 is 34.5. The van der Waals surface area contributed by atoms with Crippen molar-refractivity contribution in [3.05, 3.63) is 66.2 Å². The number of benzene rings is 3. The van der Waals surface area contributed by atoms with Crippen LogP contribution in [0.2, 0.25) is 0 Å². The molecule has 0 N–H and O–H groups in total. The molecule has 0 saturated heterocycles. The van der Waals surface area contributed by atoms with E-state index in [0.717, 1.165) is 55.2 Å². The second-order valence-electron chi connectivity index (χ2n) is 8.33. The van der Waals surface area contributed by atoms with Gasteiger partial charge in [0.1, 0.15) is 12.4 Å². The van der Waals surface area contributed by atoms with E-state index >= 15 is 0 Å². The molecule has 32 heavy (non-hydrogen) atoms. The van der Waals surface area contributed by atoms with Crippen molar-refractivity contribution in [2.75, 3.05) is 37.1 Å². The lowest BCUT2D eigenvalue weighted by Gasteiger charge is -2.31. The van der Waals surface area contributed by atoms with E-state index in [1.807, 2.05) is 42.5 Å². The van der Waals surface area contributed by atoms with Gasteiger partial charge < -0.3 is 9.64 Å². The van der Waals surface area contributed by atoms with E-state index in [1.165, 1.54) is 4.31 Å². The Morgan fingerprint density at radius 1 is 0.906 bits per heavy atom. The molecule has 3 aromatic carbocycles. The zero-order valence-corrected chi connectivity index (χ0v) is 19.8. The van der Waals surface area contributed by atoms with Crippen molar-refractivity contribution >= 4 is 26.5 Å². The Balaban J connectivity index is 1.62. The highest BCUT2D eigenvalue weighted by molar-refractivity contribution is 7.92. The van der Waals surface area contributed by atoms with Crippen molar-refractivity contribution in [3.63, 3.8) is 0 Å². The van der Waals surface area contributed by atoms with Crippen LogP contribution in [0.4, 0.5) is 5.69 Å². The molecule has 3 aromatic rings. The number of nitrogens with zero attached hydrogens (tertiary/aromatic N) is 2. The molecule has 0 atom stereocenters. The van der Waals surface area contributed by atoms with Crippen LogP contribution in [0.5, 0.6) is 5.75 Å². The van der Waals surface area contributed by atoms with Crippen LogP contribution in [0.1, 0.15) is 32.3 Å². The van der Waals surface area contributed by atoms with E-state index in [2.05, 4.69) is 24.8 Å². The van der Waals surface area contributed by atoms with Gasteiger partial charge in [-0.05, 0) is 73.0 Å². The third kappa shape index (κ3) is 4.76. The van der Waals surface area contributed by atoms with Crippen molar-refractivity contribution in [2.24, 2.45) is 0 Å². The number of hydrogen-bond acceptors (Lipinski definition) is 4. The van der Waals surface area contributed by atoms with Gasteiger partial charge in [-0.3, -0.25) is 4.31 Å². The molecular formula is C26H32N2O3S. The summed E-state index contributed by atoms with van der Waals surface area (Å²) in [5, 5.41) is 1.95. The van der Waals surface area contributed by atoms with E-state index < -0.39 is 10.0 Å². The molecule has 0 bridgehead atoms. The highest BCUT2D eigenvalue weighted by Crippen LogP contribution is 2.36. The summed E-state index contributed by atoms with van der Waals surface area (Å²) in [6.45, 7) is 8.21. The third-order valence-corrected chi connectivity index (χ3v) is 7.76. The molecule has 0 amide bonds. The summed E-state index contributed by atoms with van der Waals surface area (Å²) >= 11 is 0. The number of hydrogen-bond donors (Lipinski definition) is 0. The molecule has 1 aliphatic rings. The molecule has 0 unspecified atom stereocenters. The zero-order valence-electron chi connectivity index (χ0n) is 19.0. The first-order valence-electron chi connectivity index (χ1n) is 11.5. The molecule has 0 spiro atoms. The maximum atomic E-state index is 13.6. The second kappa shape index (κ2) is 9.92. The second-order valence-corrected chi connectivity index (χ2v) is 10.2. The number of rotatable bonds is 9. The minimum absolute atomic E-state index is 0.309. The summed E-state index contributed by atoms with van der Waals surface area (Å²) in [7, 11) is -3.69. The Morgan fingerprint density at radius 2 is 1.66 bits per heavy atom. The molecular weight excluding hydrogens is 420 g/mol. The first-order valence-corrected chi connectivity index (χ1v) is 13.0. The molecule has 0 radical (unpaired) electrons. The van der Waals surface area contributed by atoms with E-state index in [9.17, 15) is 8.42 Å². The lowest BCUT2D eigenvalue weighted by Crippen LogP contribution is -2.38. The highest BCUT2D eigenvalue weighted by atomic mass is 32.2. The molecule has 6 heteroatoms. The normalized spacial score (nSPS) is 13.9. The topological polar surface area (TPSA) is 49.9 Å². The van der Waals surface area contributed by atoms with Crippen molar-refractivity contribution in [1.82, 2.24) is 4.90 Å². The number of anilines is 1. The molecule has 5 nitrogen and oxygen atoms in total. The van der Waals surface area contributed by atoms with Crippen LogP contribution in [-0.4, -0.2) is 46.1 Å². The van der Waals surface area contributed by atoms with E-state index in [-0.39, 0.29) is 0 Å². The maximum absolute atomic E-state index is 13.6. The van der Waals surface area contributed by atoms with E-state index in [0.29, 0.717) is 29.5 Å². The van der Waals surface area contributed by atoms with Crippen LogP contribution in [0.3, 0.4) is 0 Å². The fourth-order valence-electron chi connectivity index (χ4n) is 4.35. The van der Waals surface area contributed by atoms with Gasteiger partial charge in [-0.25, -0.2) is 8.42 Å². The number of fused-ring (bicyclic) bond motifs is 2. The van der Waals surface area contributed by atoms with Gasteiger partial charge in [-0.15, -0.1) is 0 Å².